The molecule has 0 bridgehead atoms. The zero-order valence-corrected chi connectivity index (χ0v) is 11.8. The minimum atomic E-state index is -0.0814. The maximum Gasteiger partial charge on any atom is 0.306 e. The van der Waals surface area contributed by atoms with Crippen molar-refractivity contribution in [2.45, 2.75) is 31.9 Å². The van der Waals surface area contributed by atoms with Crippen LogP contribution in [-0.2, 0) is 15.3 Å². The second-order valence-electron chi connectivity index (χ2n) is 5.01. The number of pyridine rings is 1. The molecule has 1 fully saturated rings. The maximum absolute atomic E-state index is 11.3. The van der Waals surface area contributed by atoms with Crippen LogP contribution in [0.25, 0.3) is 0 Å². The third-order valence-corrected chi connectivity index (χ3v) is 4.76. The fraction of sp³-hybridized carbons (Fsp3) is 0.571. The number of hydrogen-bond acceptors (Lipinski definition) is 4. The lowest BCUT2D eigenvalue weighted by molar-refractivity contribution is -0.141. The summed E-state index contributed by atoms with van der Waals surface area (Å²) in [7, 11) is 1.46. The van der Waals surface area contributed by atoms with E-state index < -0.39 is 0 Å². The highest BCUT2D eigenvalue weighted by Gasteiger charge is 2.44. The molecular weight excluding hydrogens is 246 g/mol. The molecule has 0 saturated heterocycles. The summed E-state index contributed by atoms with van der Waals surface area (Å²) in [6, 6.07) is 4.05. The standard InChI is InChI=1S/C14H19NO2S/c1-11-4-3-7-15-12(11)9-18-10-14(5-6-14)8-13(16)17-2/h3-4,7H,5-6,8-10H2,1-2H3. The molecule has 98 valence electrons. The van der Waals surface area contributed by atoms with Crippen molar-refractivity contribution >= 4 is 17.7 Å². The Balaban J connectivity index is 1.79. The largest absolute Gasteiger partial charge is 0.469 e. The number of aryl methyl sites for hydroxylation is 1. The summed E-state index contributed by atoms with van der Waals surface area (Å²) in [5.74, 6) is 1.87. The predicted octanol–water partition coefficient (Wildman–Crippen LogP) is 2.97. The predicted molar refractivity (Wildman–Crippen MR) is 73.4 cm³/mol. The van der Waals surface area contributed by atoms with Gasteiger partial charge < -0.3 is 4.74 Å². The molecule has 0 aromatic carbocycles. The Morgan fingerprint density at radius 2 is 2.33 bits per heavy atom. The summed E-state index contributed by atoms with van der Waals surface area (Å²) in [4.78, 5) is 15.7. The average molecular weight is 265 g/mol. The zero-order chi connectivity index (χ0) is 13.0. The van der Waals surface area contributed by atoms with Crippen LogP contribution in [0, 0.1) is 12.3 Å². The first kappa shape index (κ1) is 13.4. The Morgan fingerprint density at radius 3 is 2.94 bits per heavy atom. The van der Waals surface area contributed by atoms with Crippen LogP contribution in [0.4, 0.5) is 0 Å². The molecule has 0 radical (unpaired) electrons. The first-order chi connectivity index (χ1) is 8.65. The van der Waals surface area contributed by atoms with E-state index in [0.717, 1.165) is 30.0 Å². The molecule has 1 saturated carbocycles. The number of methoxy groups -OCH3 is 1. The fourth-order valence-corrected chi connectivity index (χ4v) is 3.38. The lowest BCUT2D eigenvalue weighted by Crippen LogP contribution is -2.13. The smallest absolute Gasteiger partial charge is 0.306 e. The van der Waals surface area contributed by atoms with Gasteiger partial charge in [-0.25, -0.2) is 0 Å². The van der Waals surface area contributed by atoms with Gasteiger partial charge in [-0.3, -0.25) is 9.78 Å². The van der Waals surface area contributed by atoms with Crippen molar-refractivity contribution in [2.24, 2.45) is 5.41 Å². The molecule has 4 heteroatoms. The molecule has 2 rings (SSSR count). The average Bonchev–Trinajstić information content (AvgIpc) is 3.11. The summed E-state index contributed by atoms with van der Waals surface area (Å²) in [6.45, 7) is 2.09. The van der Waals surface area contributed by atoms with Crippen molar-refractivity contribution < 1.29 is 9.53 Å². The summed E-state index contributed by atoms with van der Waals surface area (Å²) < 4.78 is 4.75. The monoisotopic (exact) mass is 265 g/mol. The van der Waals surface area contributed by atoms with Crippen LogP contribution in [0.1, 0.15) is 30.5 Å². The molecule has 1 heterocycles. The number of ether oxygens (including phenoxy) is 1. The highest BCUT2D eigenvalue weighted by molar-refractivity contribution is 7.98. The van der Waals surface area contributed by atoms with Crippen molar-refractivity contribution in [2.75, 3.05) is 12.9 Å². The Hall–Kier alpha value is -1.03. The Kier molecular flexibility index (Phi) is 4.27. The third kappa shape index (κ3) is 3.48. The van der Waals surface area contributed by atoms with Crippen LogP contribution < -0.4 is 0 Å². The maximum atomic E-state index is 11.3. The molecule has 0 amide bonds. The van der Waals surface area contributed by atoms with Crippen molar-refractivity contribution in [3.05, 3.63) is 29.6 Å². The van der Waals surface area contributed by atoms with E-state index in [9.17, 15) is 4.79 Å². The Labute approximate surface area is 112 Å². The first-order valence-electron chi connectivity index (χ1n) is 6.20. The van der Waals surface area contributed by atoms with Gasteiger partial charge in [0, 0.05) is 11.9 Å². The van der Waals surface area contributed by atoms with Crippen molar-refractivity contribution in [3.8, 4) is 0 Å². The van der Waals surface area contributed by atoms with Gasteiger partial charge in [-0.15, -0.1) is 0 Å². The van der Waals surface area contributed by atoms with E-state index in [4.69, 9.17) is 4.74 Å². The Bertz CT molecular complexity index is 430. The van der Waals surface area contributed by atoms with Crippen LogP contribution >= 0.6 is 11.8 Å². The molecule has 1 aromatic heterocycles. The highest BCUT2D eigenvalue weighted by Crippen LogP contribution is 2.51. The van der Waals surface area contributed by atoms with Gasteiger partial charge in [-0.1, -0.05) is 6.07 Å². The fourth-order valence-electron chi connectivity index (χ4n) is 1.96. The number of esters is 1. The molecular formula is C14H19NO2S. The van der Waals surface area contributed by atoms with Gasteiger partial charge in [0.1, 0.15) is 0 Å². The number of thioether (sulfide) groups is 1. The van der Waals surface area contributed by atoms with Gasteiger partial charge >= 0.3 is 5.97 Å². The molecule has 1 aliphatic rings. The third-order valence-electron chi connectivity index (χ3n) is 3.47. The van der Waals surface area contributed by atoms with E-state index in [1.165, 1.54) is 12.7 Å². The topological polar surface area (TPSA) is 39.2 Å². The van der Waals surface area contributed by atoms with E-state index in [2.05, 4.69) is 18.0 Å². The van der Waals surface area contributed by atoms with E-state index in [1.807, 2.05) is 24.0 Å². The number of rotatable bonds is 6. The molecule has 3 nitrogen and oxygen atoms in total. The Morgan fingerprint density at radius 1 is 1.56 bits per heavy atom. The second kappa shape index (κ2) is 5.74. The molecule has 1 aliphatic carbocycles. The van der Waals surface area contributed by atoms with Crippen LogP contribution in [0.5, 0.6) is 0 Å². The van der Waals surface area contributed by atoms with E-state index >= 15 is 0 Å². The van der Waals surface area contributed by atoms with Crippen LogP contribution in [0.15, 0.2) is 18.3 Å². The van der Waals surface area contributed by atoms with Gasteiger partial charge in [-0.05, 0) is 42.6 Å². The number of carbonyl (C=O) groups is 1. The summed E-state index contributed by atoms with van der Waals surface area (Å²) >= 11 is 1.87. The van der Waals surface area contributed by atoms with Gasteiger partial charge in [0.2, 0.25) is 0 Å². The van der Waals surface area contributed by atoms with Crippen LogP contribution in [-0.4, -0.2) is 23.8 Å². The van der Waals surface area contributed by atoms with Crippen molar-refractivity contribution in [1.29, 1.82) is 0 Å². The minimum absolute atomic E-state index is 0.0814. The molecule has 1 aromatic rings. The van der Waals surface area contributed by atoms with E-state index in [0.29, 0.717) is 6.42 Å². The lowest BCUT2D eigenvalue weighted by atomic mass is 10.1. The highest BCUT2D eigenvalue weighted by atomic mass is 32.2. The van der Waals surface area contributed by atoms with Crippen molar-refractivity contribution in [3.63, 3.8) is 0 Å². The molecule has 0 atom stereocenters. The van der Waals surface area contributed by atoms with Gasteiger partial charge in [0.15, 0.2) is 0 Å². The molecule has 0 N–H and O–H groups in total. The number of nitrogens with zero attached hydrogens (tertiary/aromatic N) is 1. The summed E-state index contributed by atoms with van der Waals surface area (Å²) in [5.41, 5.74) is 2.60. The summed E-state index contributed by atoms with van der Waals surface area (Å²) in [6.07, 6.45) is 4.70. The lowest BCUT2D eigenvalue weighted by Gasteiger charge is -2.13. The van der Waals surface area contributed by atoms with Crippen LogP contribution in [0.2, 0.25) is 0 Å². The molecule has 18 heavy (non-hydrogen) atoms. The first-order valence-corrected chi connectivity index (χ1v) is 7.36. The number of carbonyl (C=O) groups excluding carboxylic acids is 1. The normalized spacial score (nSPS) is 16.3. The molecule has 0 unspecified atom stereocenters. The molecule has 0 spiro atoms. The van der Waals surface area contributed by atoms with E-state index in [-0.39, 0.29) is 11.4 Å². The quantitative estimate of drug-likeness (QED) is 0.741. The van der Waals surface area contributed by atoms with Gasteiger partial charge in [0.25, 0.3) is 0 Å². The van der Waals surface area contributed by atoms with Gasteiger partial charge in [0.05, 0.1) is 19.2 Å². The second-order valence-corrected chi connectivity index (χ2v) is 6.00. The van der Waals surface area contributed by atoms with Gasteiger partial charge in [-0.2, -0.15) is 11.8 Å². The number of hydrogen-bond donors (Lipinski definition) is 0. The summed E-state index contributed by atoms with van der Waals surface area (Å²) in [5, 5.41) is 0. The molecule has 0 aliphatic heterocycles. The van der Waals surface area contributed by atoms with Crippen LogP contribution in [0.3, 0.4) is 0 Å². The van der Waals surface area contributed by atoms with E-state index in [1.54, 1.807) is 0 Å². The van der Waals surface area contributed by atoms with Crippen molar-refractivity contribution in [1.82, 2.24) is 4.98 Å². The zero-order valence-electron chi connectivity index (χ0n) is 10.9. The minimum Gasteiger partial charge on any atom is -0.469 e. The number of aromatic nitrogens is 1. The SMILES string of the molecule is COC(=O)CC1(CSCc2ncccc2C)CC1.